The van der Waals surface area contributed by atoms with Gasteiger partial charge in [0.25, 0.3) is 5.91 Å². The highest BCUT2D eigenvalue weighted by Crippen LogP contribution is 2.25. The molecular formula is C19H29N3O3. The average Bonchev–Trinajstić information content (AvgIpc) is 3.33. The summed E-state index contributed by atoms with van der Waals surface area (Å²) in [5.41, 5.74) is 0. The van der Waals surface area contributed by atoms with Crippen LogP contribution < -0.4 is 5.32 Å². The average molecular weight is 347 g/mol. The lowest BCUT2D eigenvalue weighted by atomic mass is 10.1. The SMILES string of the molecule is C[C@H](c1ccc(C(=O)NCCC(=O)N2CCCC2)o1)N1CCCCC1. The van der Waals surface area contributed by atoms with Gasteiger partial charge in [-0.1, -0.05) is 6.42 Å². The molecule has 2 saturated heterocycles. The third-order valence-electron chi connectivity index (χ3n) is 5.28. The molecule has 0 bridgehead atoms. The zero-order chi connectivity index (χ0) is 17.6. The number of furan rings is 1. The topological polar surface area (TPSA) is 65.8 Å². The monoisotopic (exact) mass is 347 g/mol. The number of nitrogens with zero attached hydrogens (tertiary/aromatic N) is 2. The van der Waals surface area contributed by atoms with E-state index in [0.717, 1.165) is 44.8 Å². The van der Waals surface area contributed by atoms with Crippen LogP contribution in [0.25, 0.3) is 0 Å². The summed E-state index contributed by atoms with van der Waals surface area (Å²) in [7, 11) is 0. The standard InChI is InChI=1S/C19H29N3O3/c1-15(21-11-3-2-4-12-21)16-7-8-17(25-16)19(24)20-10-9-18(23)22-13-5-6-14-22/h7-8,15H,2-6,9-14H2,1H3,(H,20,24)/t15-/m1/s1. The summed E-state index contributed by atoms with van der Waals surface area (Å²) >= 11 is 0. The van der Waals surface area contributed by atoms with Crippen molar-refractivity contribution in [1.29, 1.82) is 0 Å². The van der Waals surface area contributed by atoms with Gasteiger partial charge in [0, 0.05) is 26.1 Å². The molecule has 25 heavy (non-hydrogen) atoms. The number of hydrogen-bond acceptors (Lipinski definition) is 4. The van der Waals surface area contributed by atoms with E-state index in [1.807, 2.05) is 11.0 Å². The second-order valence-corrected chi connectivity index (χ2v) is 7.07. The van der Waals surface area contributed by atoms with Crippen molar-refractivity contribution in [2.75, 3.05) is 32.7 Å². The van der Waals surface area contributed by atoms with Gasteiger partial charge in [0.15, 0.2) is 5.76 Å². The summed E-state index contributed by atoms with van der Waals surface area (Å²) in [4.78, 5) is 28.5. The van der Waals surface area contributed by atoms with Crippen molar-refractivity contribution in [3.05, 3.63) is 23.7 Å². The Bertz CT molecular complexity index is 586. The lowest BCUT2D eigenvalue weighted by Crippen LogP contribution is -2.32. The lowest BCUT2D eigenvalue weighted by Gasteiger charge is -2.31. The number of carbonyl (C=O) groups is 2. The third kappa shape index (κ3) is 4.63. The number of amides is 2. The third-order valence-corrected chi connectivity index (χ3v) is 5.28. The van der Waals surface area contributed by atoms with Gasteiger partial charge in [-0.05, 0) is 57.8 Å². The molecule has 2 aliphatic heterocycles. The molecule has 1 aromatic heterocycles. The van der Waals surface area contributed by atoms with Crippen LogP contribution in [0.15, 0.2) is 16.5 Å². The van der Waals surface area contributed by atoms with E-state index in [1.165, 1.54) is 19.3 Å². The lowest BCUT2D eigenvalue weighted by molar-refractivity contribution is -0.129. The fourth-order valence-electron chi connectivity index (χ4n) is 3.68. The van der Waals surface area contributed by atoms with Crippen molar-refractivity contribution in [3.63, 3.8) is 0 Å². The first-order chi connectivity index (χ1) is 12.1. The maximum Gasteiger partial charge on any atom is 0.287 e. The smallest absolute Gasteiger partial charge is 0.287 e. The van der Waals surface area contributed by atoms with Crippen LogP contribution in [0.5, 0.6) is 0 Å². The Kier molecular flexibility index (Phi) is 6.13. The van der Waals surface area contributed by atoms with E-state index >= 15 is 0 Å². The summed E-state index contributed by atoms with van der Waals surface area (Å²) in [6, 6.07) is 3.82. The van der Waals surface area contributed by atoms with Gasteiger partial charge >= 0.3 is 0 Å². The predicted molar refractivity (Wildman–Crippen MR) is 95.3 cm³/mol. The molecule has 3 heterocycles. The molecule has 3 rings (SSSR count). The molecule has 0 radical (unpaired) electrons. The molecule has 2 fully saturated rings. The van der Waals surface area contributed by atoms with Crippen LogP contribution in [0.4, 0.5) is 0 Å². The minimum atomic E-state index is -0.244. The van der Waals surface area contributed by atoms with Gasteiger partial charge in [0.2, 0.25) is 5.91 Å². The maximum atomic E-state index is 12.2. The molecule has 0 aromatic carbocycles. The van der Waals surface area contributed by atoms with Crippen molar-refractivity contribution in [2.45, 2.75) is 51.5 Å². The molecule has 0 spiro atoms. The van der Waals surface area contributed by atoms with Gasteiger partial charge in [0.05, 0.1) is 6.04 Å². The zero-order valence-electron chi connectivity index (χ0n) is 15.1. The molecule has 0 unspecified atom stereocenters. The van der Waals surface area contributed by atoms with Crippen molar-refractivity contribution in [3.8, 4) is 0 Å². The Hall–Kier alpha value is -1.82. The quantitative estimate of drug-likeness (QED) is 0.859. The van der Waals surface area contributed by atoms with Crippen LogP contribution in [0.1, 0.15) is 67.8 Å². The second kappa shape index (κ2) is 8.52. The second-order valence-electron chi connectivity index (χ2n) is 7.07. The largest absolute Gasteiger partial charge is 0.454 e. The Morgan fingerprint density at radius 2 is 1.76 bits per heavy atom. The summed E-state index contributed by atoms with van der Waals surface area (Å²) < 4.78 is 5.77. The van der Waals surface area contributed by atoms with E-state index in [4.69, 9.17) is 4.42 Å². The molecule has 6 nitrogen and oxygen atoms in total. The van der Waals surface area contributed by atoms with Crippen LogP contribution in [-0.2, 0) is 4.79 Å². The van der Waals surface area contributed by atoms with Gasteiger partial charge in [0.1, 0.15) is 5.76 Å². The van der Waals surface area contributed by atoms with E-state index < -0.39 is 0 Å². The molecule has 1 atom stereocenters. The van der Waals surface area contributed by atoms with E-state index in [1.54, 1.807) is 6.07 Å². The number of rotatable bonds is 6. The van der Waals surface area contributed by atoms with E-state index in [-0.39, 0.29) is 17.9 Å². The Balaban J connectivity index is 1.46. The first kappa shape index (κ1) is 18.0. The first-order valence-electron chi connectivity index (χ1n) is 9.55. The number of piperidine rings is 1. The molecule has 138 valence electrons. The molecule has 2 amide bonds. The van der Waals surface area contributed by atoms with Gasteiger partial charge < -0.3 is 14.6 Å². The Labute approximate surface area is 149 Å². The highest BCUT2D eigenvalue weighted by Gasteiger charge is 2.22. The fourth-order valence-corrected chi connectivity index (χ4v) is 3.68. The minimum Gasteiger partial charge on any atom is -0.454 e. The summed E-state index contributed by atoms with van der Waals surface area (Å²) in [5.74, 6) is 1.04. The van der Waals surface area contributed by atoms with E-state index in [9.17, 15) is 9.59 Å². The number of nitrogens with one attached hydrogen (secondary N) is 1. The number of hydrogen-bond donors (Lipinski definition) is 1. The predicted octanol–water partition coefficient (Wildman–Crippen LogP) is 2.57. The van der Waals surface area contributed by atoms with Gasteiger partial charge in [-0.15, -0.1) is 0 Å². The summed E-state index contributed by atoms with van der Waals surface area (Å²) in [5, 5.41) is 2.79. The number of carbonyl (C=O) groups excluding carboxylic acids is 2. The van der Waals surface area contributed by atoms with Crippen molar-refractivity contribution >= 4 is 11.8 Å². The normalized spacial score (nSPS) is 19.8. The maximum absolute atomic E-state index is 12.2. The molecule has 0 aliphatic carbocycles. The summed E-state index contributed by atoms with van der Waals surface area (Å²) in [6.45, 7) is 6.35. The molecule has 1 N–H and O–H groups in total. The fraction of sp³-hybridized carbons (Fsp3) is 0.684. The van der Waals surface area contributed by atoms with Crippen LogP contribution in [0, 0.1) is 0 Å². The van der Waals surface area contributed by atoms with Gasteiger partial charge in [-0.2, -0.15) is 0 Å². The first-order valence-corrected chi connectivity index (χ1v) is 9.55. The molecule has 6 heteroatoms. The van der Waals surface area contributed by atoms with Crippen molar-refractivity contribution < 1.29 is 14.0 Å². The molecular weight excluding hydrogens is 318 g/mol. The Morgan fingerprint density at radius 1 is 1.08 bits per heavy atom. The molecule has 0 saturated carbocycles. The van der Waals surface area contributed by atoms with Crippen LogP contribution >= 0.6 is 0 Å². The molecule has 1 aromatic rings. The van der Waals surface area contributed by atoms with E-state index in [0.29, 0.717) is 18.7 Å². The minimum absolute atomic E-state index is 0.122. The van der Waals surface area contributed by atoms with Gasteiger partial charge in [-0.25, -0.2) is 0 Å². The van der Waals surface area contributed by atoms with Crippen molar-refractivity contribution in [2.24, 2.45) is 0 Å². The highest BCUT2D eigenvalue weighted by molar-refractivity contribution is 5.91. The van der Waals surface area contributed by atoms with Crippen LogP contribution in [0.2, 0.25) is 0 Å². The van der Waals surface area contributed by atoms with Gasteiger partial charge in [-0.3, -0.25) is 14.5 Å². The summed E-state index contributed by atoms with van der Waals surface area (Å²) in [6.07, 6.45) is 6.27. The van der Waals surface area contributed by atoms with E-state index in [2.05, 4.69) is 17.1 Å². The Morgan fingerprint density at radius 3 is 2.48 bits per heavy atom. The van der Waals surface area contributed by atoms with Crippen molar-refractivity contribution in [1.82, 2.24) is 15.1 Å². The van der Waals surface area contributed by atoms with Crippen LogP contribution in [-0.4, -0.2) is 54.3 Å². The molecule has 2 aliphatic rings. The highest BCUT2D eigenvalue weighted by atomic mass is 16.4. The number of likely N-dealkylation sites (tertiary alicyclic amines) is 2. The van der Waals surface area contributed by atoms with Crippen LogP contribution in [0.3, 0.4) is 0 Å². The zero-order valence-corrected chi connectivity index (χ0v) is 15.1.